The molecule has 25 heavy (non-hydrogen) atoms. The van der Waals surface area contributed by atoms with Crippen molar-refractivity contribution >= 4 is 13.7 Å². The Balaban J connectivity index is 2.46. The predicted molar refractivity (Wildman–Crippen MR) is 94.8 cm³/mol. The number of amides is 1. The third-order valence-electron chi connectivity index (χ3n) is 4.46. The molecular formula is C16H33N2O6P. The van der Waals surface area contributed by atoms with Gasteiger partial charge in [0.1, 0.15) is 0 Å². The fourth-order valence-electron chi connectivity index (χ4n) is 2.65. The molecule has 4 atom stereocenters. The Morgan fingerprint density at radius 1 is 1.36 bits per heavy atom. The lowest BCUT2D eigenvalue weighted by Gasteiger charge is -2.25. The number of β-amino-alcohol motifs (C(OH)–C–C–N with tert-alkyl or cyclic N) is 1. The van der Waals surface area contributed by atoms with Crippen LogP contribution in [0.25, 0.3) is 0 Å². The van der Waals surface area contributed by atoms with E-state index < -0.39 is 20.0 Å². The molecule has 1 saturated heterocycles. The quantitative estimate of drug-likeness (QED) is 0.347. The van der Waals surface area contributed by atoms with Gasteiger partial charge in [-0.2, -0.15) is 0 Å². The molecule has 148 valence electrons. The summed E-state index contributed by atoms with van der Waals surface area (Å²) in [6, 6.07) is -0.412. The van der Waals surface area contributed by atoms with Crippen LogP contribution in [0.2, 0.25) is 0 Å². The van der Waals surface area contributed by atoms with Gasteiger partial charge in [-0.05, 0) is 31.7 Å². The maximum Gasteiger partial charge on any atom is 0.472 e. The first-order valence-corrected chi connectivity index (χ1v) is 10.6. The third-order valence-corrected chi connectivity index (χ3v) is 5.41. The van der Waals surface area contributed by atoms with Gasteiger partial charge in [-0.15, -0.1) is 0 Å². The van der Waals surface area contributed by atoms with Crippen molar-refractivity contribution in [3.8, 4) is 0 Å². The fraction of sp³-hybridized carbons (Fsp3) is 0.938. The van der Waals surface area contributed by atoms with Crippen LogP contribution < -0.4 is 5.73 Å². The van der Waals surface area contributed by atoms with Crippen LogP contribution in [-0.2, 0) is 18.4 Å². The third kappa shape index (κ3) is 8.62. The minimum atomic E-state index is -4.15. The van der Waals surface area contributed by atoms with Gasteiger partial charge < -0.3 is 20.6 Å². The van der Waals surface area contributed by atoms with E-state index in [1.165, 1.54) is 0 Å². The lowest BCUT2D eigenvalue weighted by molar-refractivity contribution is -0.133. The number of aliphatic hydroxyl groups excluding tert-OH is 1. The maximum atomic E-state index is 12.3. The van der Waals surface area contributed by atoms with Crippen molar-refractivity contribution in [1.82, 2.24) is 4.90 Å². The zero-order chi connectivity index (χ0) is 18.9. The predicted octanol–water partition coefficient (Wildman–Crippen LogP) is 1.65. The van der Waals surface area contributed by atoms with E-state index in [1.807, 2.05) is 13.8 Å². The van der Waals surface area contributed by atoms with E-state index in [1.54, 1.807) is 4.90 Å². The highest BCUT2D eigenvalue weighted by molar-refractivity contribution is 7.47. The highest BCUT2D eigenvalue weighted by Crippen LogP contribution is 2.44. The van der Waals surface area contributed by atoms with E-state index in [-0.39, 0.29) is 31.6 Å². The van der Waals surface area contributed by atoms with Crippen molar-refractivity contribution in [3.63, 3.8) is 0 Å². The highest BCUT2D eigenvalue weighted by atomic mass is 31.2. The SMILES string of the molecule is CCC(C)COP(=O)(O)OC[C@@H]1C[C@@H](O)CN1C(=O)CCCCCN. The molecule has 0 aliphatic carbocycles. The van der Waals surface area contributed by atoms with E-state index in [0.29, 0.717) is 19.4 Å². The molecule has 0 radical (unpaired) electrons. The average molecular weight is 380 g/mol. The normalized spacial score (nSPS) is 24.3. The number of unbranched alkanes of at least 4 members (excludes halogenated alkanes) is 2. The van der Waals surface area contributed by atoms with Crippen LogP contribution in [0.5, 0.6) is 0 Å². The summed E-state index contributed by atoms with van der Waals surface area (Å²) in [7, 11) is -4.15. The number of carbonyl (C=O) groups excluding carboxylic acids is 1. The number of aliphatic hydroxyl groups is 1. The van der Waals surface area contributed by atoms with Gasteiger partial charge in [-0.1, -0.05) is 26.7 Å². The molecule has 4 N–H and O–H groups in total. The molecule has 1 fully saturated rings. The highest BCUT2D eigenvalue weighted by Gasteiger charge is 2.36. The molecule has 0 aromatic heterocycles. The average Bonchev–Trinajstić information content (AvgIpc) is 2.95. The lowest BCUT2D eigenvalue weighted by Crippen LogP contribution is -2.38. The van der Waals surface area contributed by atoms with E-state index in [2.05, 4.69) is 0 Å². The van der Waals surface area contributed by atoms with Crippen LogP contribution in [0, 0.1) is 5.92 Å². The summed E-state index contributed by atoms with van der Waals surface area (Å²) >= 11 is 0. The number of rotatable bonds is 12. The van der Waals surface area contributed by atoms with Crippen LogP contribution in [0.1, 0.15) is 52.4 Å². The number of hydrogen-bond donors (Lipinski definition) is 3. The number of phosphoric acid groups is 1. The zero-order valence-electron chi connectivity index (χ0n) is 15.3. The minimum absolute atomic E-state index is 0.0736. The molecule has 0 bridgehead atoms. The first-order valence-electron chi connectivity index (χ1n) is 9.08. The van der Waals surface area contributed by atoms with Crippen LogP contribution in [0.15, 0.2) is 0 Å². The molecule has 8 nitrogen and oxygen atoms in total. The first-order chi connectivity index (χ1) is 11.8. The summed E-state index contributed by atoms with van der Waals surface area (Å²) in [4.78, 5) is 23.6. The van der Waals surface area contributed by atoms with Crippen molar-refractivity contribution in [3.05, 3.63) is 0 Å². The molecule has 0 aromatic carbocycles. The maximum absolute atomic E-state index is 12.3. The van der Waals surface area contributed by atoms with Gasteiger partial charge in [0.05, 0.1) is 25.4 Å². The van der Waals surface area contributed by atoms with Gasteiger partial charge in [-0.25, -0.2) is 4.57 Å². The van der Waals surface area contributed by atoms with E-state index in [9.17, 15) is 19.4 Å². The smallest absolute Gasteiger partial charge is 0.391 e. The minimum Gasteiger partial charge on any atom is -0.391 e. The van der Waals surface area contributed by atoms with Gasteiger partial charge in [0.25, 0.3) is 0 Å². The molecule has 1 aliphatic heterocycles. The van der Waals surface area contributed by atoms with Crippen LogP contribution >= 0.6 is 7.82 Å². The Morgan fingerprint density at radius 2 is 2.08 bits per heavy atom. The van der Waals surface area contributed by atoms with Crippen molar-refractivity contribution in [2.45, 2.75) is 64.5 Å². The lowest BCUT2D eigenvalue weighted by atomic mass is 10.1. The molecule has 2 unspecified atom stereocenters. The second-order valence-electron chi connectivity index (χ2n) is 6.76. The fourth-order valence-corrected chi connectivity index (χ4v) is 3.53. The Kier molecular flexibility index (Phi) is 10.2. The van der Waals surface area contributed by atoms with Gasteiger partial charge in [0.2, 0.25) is 5.91 Å². The summed E-state index contributed by atoms with van der Waals surface area (Å²) in [6.07, 6.45) is 3.41. The summed E-state index contributed by atoms with van der Waals surface area (Å²) in [5.74, 6) is 0.0828. The van der Waals surface area contributed by atoms with Crippen LogP contribution in [0.4, 0.5) is 0 Å². The molecule has 1 heterocycles. The summed E-state index contributed by atoms with van der Waals surface area (Å²) < 4.78 is 21.9. The largest absolute Gasteiger partial charge is 0.472 e. The Labute approximate surface area is 150 Å². The number of nitrogens with two attached hydrogens (primary N) is 1. The number of nitrogens with zero attached hydrogens (tertiary/aromatic N) is 1. The van der Waals surface area contributed by atoms with Gasteiger partial charge >= 0.3 is 7.82 Å². The van der Waals surface area contributed by atoms with Crippen molar-refractivity contribution in [2.75, 3.05) is 26.3 Å². The van der Waals surface area contributed by atoms with Crippen LogP contribution in [-0.4, -0.2) is 59.3 Å². The summed E-state index contributed by atoms with van der Waals surface area (Å²) in [6.45, 7) is 4.73. The monoisotopic (exact) mass is 380 g/mol. The Hall–Kier alpha value is -0.500. The van der Waals surface area contributed by atoms with Crippen molar-refractivity contribution in [1.29, 1.82) is 0 Å². The number of likely N-dealkylation sites (tertiary alicyclic amines) is 1. The van der Waals surface area contributed by atoms with Gasteiger partial charge in [-0.3, -0.25) is 13.8 Å². The molecule has 1 aliphatic rings. The number of phosphoric ester groups is 1. The van der Waals surface area contributed by atoms with Gasteiger partial charge in [0.15, 0.2) is 0 Å². The zero-order valence-corrected chi connectivity index (χ0v) is 16.2. The Morgan fingerprint density at radius 3 is 2.72 bits per heavy atom. The van der Waals surface area contributed by atoms with E-state index in [4.69, 9.17) is 14.8 Å². The van der Waals surface area contributed by atoms with Crippen molar-refractivity contribution in [2.24, 2.45) is 11.7 Å². The van der Waals surface area contributed by atoms with Crippen molar-refractivity contribution < 1.29 is 28.4 Å². The molecule has 0 saturated carbocycles. The van der Waals surface area contributed by atoms with Gasteiger partial charge in [0, 0.05) is 13.0 Å². The first kappa shape index (κ1) is 22.5. The molecular weight excluding hydrogens is 347 g/mol. The summed E-state index contributed by atoms with van der Waals surface area (Å²) in [5.41, 5.74) is 5.43. The number of carbonyl (C=O) groups is 1. The van der Waals surface area contributed by atoms with E-state index >= 15 is 0 Å². The standard InChI is InChI=1S/C16H33N2O6P/c1-3-13(2)11-23-25(21,22)24-12-14-9-15(19)10-18(14)16(20)7-5-4-6-8-17/h13-15,19H,3-12,17H2,1-2H3,(H,21,22)/t13?,14-,15+/m0/s1. The second-order valence-corrected chi connectivity index (χ2v) is 8.22. The van der Waals surface area contributed by atoms with E-state index in [0.717, 1.165) is 25.7 Å². The molecule has 1 rings (SSSR count). The molecule has 1 amide bonds. The summed E-state index contributed by atoms with van der Waals surface area (Å²) in [5, 5.41) is 9.84. The molecule has 0 spiro atoms. The van der Waals surface area contributed by atoms with Crippen LogP contribution in [0.3, 0.4) is 0 Å². The second kappa shape index (κ2) is 11.3. The molecule has 9 heteroatoms. The number of hydrogen-bond acceptors (Lipinski definition) is 6. The topological polar surface area (TPSA) is 122 Å². The molecule has 0 aromatic rings. The Bertz CT molecular complexity index is 450.